The van der Waals surface area contributed by atoms with Crippen molar-refractivity contribution in [2.45, 2.75) is 26.2 Å². The highest BCUT2D eigenvalue weighted by molar-refractivity contribution is 5.33. The second kappa shape index (κ2) is 3.71. The van der Waals surface area contributed by atoms with E-state index < -0.39 is 0 Å². The van der Waals surface area contributed by atoms with Crippen molar-refractivity contribution in [1.29, 1.82) is 0 Å². The lowest BCUT2D eigenvalue weighted by molar-refractivity contribution is 0.209. The maximum atomic E-state index is 9.38. The average molecular weight is 197 g/mol. The molecule has 1 atom stereocenters. The van der Waals surface area contributed by atoms with E-state index in [1.807, 2.05) is 32.5 Å². The first-order valence-electron chi connectivity index (χ1n) is 4.78. The normalized spacial score (nSPS) is 15.6. The van der Waals surface area contributed by atoms with E-state index in [0.29, 0.717) is 6.54 Å². The molecule has 0 saturated heterocycles. The number of aryl methyl sites for hydroxylation is 2. The summed E-state index contributed by atoms with van der Waals surface area (Å²) in [4.78, 5) is 0. The fourth-order valence-electron chi connectivity index (χ4n) is 1.89. The quantitative estimate of drug-likeness (QED) is 0.730. The predicted molar refractivity (Wildman–Crippen MR) is 56.2 cm³/mol. The van der Waals surface area contributed by atoms with Gasteiger partial charge in [0.2, 0.25) is 0 Å². The maximum absolute atomic E-state index is 9.38. The van der Waals surface area contributed by atoms with Gasteiger partial charge in [-0.05, 0) is 13.8 Å². The number of hydrogen-bond donors (Lipinski definition) is 2. The number of aromatic nitrogens is 2. The molecular formula is C10H19N3O. The van der Waals surface area contributed by atoms with Crippen LogP contribution in [0.25, 0.3) is 0 Å². The molecule has 0 radical (unpaired) electrons. The second-order valence-corrected chi connectivity index (χ2v) is 4.09. The van der Waals surface area contributed by atoms with Crippen LogP contribution in [0.15, 0.2) is 0 Å². The van der Waals surface area contributed by atoms with Crippen LogP contribution in [0.5, 0.6) is 0 Å². The third-order valence-electron chi connectivity index (χ3n) is 2.91. The van der Waals surface area contributed by atoms with E-state index in [4.69, 9.17) is 5.73 Å². The van der Waals surface area contributed by atoms with E-state index in [2.05, 4.69) is 5.10 Å². The zero-order valence-electron chi connectivity index (χ0n) is 9.33. The standard InChI is InChI=1S/C10H19N3O/c1-7-9(8(2)13(4)12-7)10(3,5-11)6-14/h14H,5-6,11H2,1-4H3. The first kappa shape index (κ1) is 11.2. The lowest BCUT2D eigenvalue weighted by Crippen LogP contribution is -2.36. The molecule has 14 heavy (non-hydrogen) atoms. The number of hydrogen-bond acceptors (Lipinski definition) is 3. The summed E-state index contributed by atoms with van der Waals surface area (Å²) in [5.74, 6) is 0. The summed E-state index contributed by atoms with van der Waals surface area (Å²) < 4.78 is 1.83. The number of nitrogens with zero attached hydrogens (tertiary/aromatic N) is 2. The third kappa shape index (κ3) is 1.55. The van der Waals surface area contributed by atoms with Gasteiger partial charge < -0.3 is 10.8 Å². The van der Waals surface area contributed by atoms with Gasteiger partial charge in [0.15, 0.2) is 0 Å². The Morgan fingerprint density at radius 1 is 1.50 bits per heavy atom. The molecule has 1 unspecified atom stereocenters. The molecule has 0 spiro atoms. The molecule has 0 aliphatic heterocycles. The minimum absolute atomic E-state index is 0.0525. The molecule has 0 saturated carbocycles. The molecule has 1 rings (SSSR count). The fourth-order valence-corrected chi connectivity index (χ4v) is 1.89. The van der Waals surface area contributed by atoms with E-state index in [0.717, 1.165) is 17.0 Å². The Bertz CT molecular complexity index is 326. The van der Waals surface area contributed by atoms with Gasteiger partial charge in [-0.25, -0.2) is 0 Å². The minimum Gasteiger partial charge on any atom is -0.395 e. The van der Waals surface area contributed by atoms with E-state index in [-0.39, 0.29) is 12.0 Å². The summed E-state index contributed by atoms with van der Waals surface area (Å²) in [5, 5.41) is 13.7. The van der Waals surface area contributed by atoms with Crippen molar-refractivity contribution in [3.63, 3.8) is 0 Å². The predicted octanol–water partition coefficient (Wildman–Crippen LogP) is 0.246. The van der Waals surface area contributed by atoms with E-state index in [9.17, 15) is 5.11 Å². The van der Waals surface area contributed by atoms with Gasteiger partial charge in [-0.2, -0.15) is 5.10 Å². The number of nitrogens with two attached hydrogens (primary N) is 1. The summed E-state index contributed by atoms with van der Waals surface area (Å²) in [6.07, 6.45) is 0. The van der Waals surface area contributed by atoms with Crippen molar-refractivity contribution in [3.8, 4) is 0 Å². The van der Waals surface area contributed by atoms with Crippen molar-refractivity contribution in [2.75, 3.05) is 13.2 Å². The van der Waals surface area contributed by atoms with Crippen LogP contribution in [0.3, 0.4) is 0 Å². The number of aliphatic hydroxyl groups is 1. The average Bonchev–Trinajstić information content (AvgIpc) is 2.41. The highest BCUT2D eigenvalue weighted by atomic mass is 16.3. The van der Waals surface area contributed by atoms with E-state index >= 15 is 0 Å². The summed E-state index contributed by atoms with van der Waals surface area (Å²) in [7, 11) is 1.90. The first-order valence-corrected chi connectivity index (χ1v) is 4.78. The van der Waals surface area contributed by atoms with Crippen molar-refractivity contribution in [3.05, 3.63) is 17.0 Å². The molecule has 80 valence electrons. The molecule has 1 aromatic heterocycles. The van der Waals surface area contributed by atoms with Crippen molar-refractivity contribution in [1.82, 2.24) is 9.78 Å². The summed E-state index contributed by atoms with van der Waals surface area (Å²) in [5.41, 5.74) is 8.43. The molecule has 3 N–H and O–H groups in total. The molecule has 0 aliphatic rings. The first-order chi connectivity index (χ1) is 6.46. The maximum Gasteiger partial charge on any atom is 0.0635 e. The van der Waals surface area contributed by atoms with Crippen LogP contribution in [0.4, 0.5) is 0 Å². The van der Waals surface area contributed by atoms with Crippen LogP contribution in [0, 0.1) is 13.8 Å². The second-order valence-electron chi connectivity index (χ2n) is 4.09. The number of rotatable bonds is 3. The van der Waals surface area contributed by atoms with Crippen LogP contribution in [-0.2, 0) is 12.5 Å². The van der Waals surface area contributed by atoms with E-state index in [1.165, 1.54) is 0 Å². The van der Waals surface area contributed by atoms with Gasteiger partial charge in [0.05, 0.1) is 12.3 Å². The van der Waals surface area contributed by atoms with Gasteiger partial charge in [-0.15, -0.1) is 0 Å². The van der Waals surface area contributed by atoms with Crippen LogP contribution in [0.2, 0.25) is 0 Å². The van der Waals surface area contributed by atoms with Crippen molar-refractivity contribution in [2.24, 2.45) is 12.8 Å². The molecule has 4 heteroatoms. The lowest BCUT2D eigenvalue weighted by atomic mass is 9.82. The zero-order chi connectivity index (χ0) is 10.9. The highest BCUT2D eigenvalue weighted by Gasteiger charge is 2.30. The molecule has 0 fully saturated rings. The van der Waals surface area contributed by atoms with Crippen LogP contribution < -0.4 is 5.73 Å². The van der Waals surface area contributed by atoms with Gasteiger partial charge in [0.25, 0.3) is 0 Å². The molecular weight excluding hydrogens is 178 g/mol. The van der Waals surface area contributed by atoms with Crippen molar-refractivity contribution >= 4 is 0 Å². The zero-order valence-corrected chi connectivity index (χ0v) is 9.33. The van der Waals surface area contributed by atoms with Gasteiger partial charge in [0.1, 0.15) is 0 Å². The molecule has 0 amide bonds. The minimum atomic E-state index is -0.373. The Morgan fingerprint density at radius 2 is 2.07 bits per heavy atom. The molecule has 0 aliphatic carbocycles. The Balaban J connectivity index is 3.29. The summed E-state index contributed by atoms with van der Waals surface area (Å²) >= 11 is 0. The topological polar surface area (TPSA) is 64.1 Å². The SMILES string of the molecule is Cc1nn(C)c(C)c1C(C)(CN)CO. The third-order valence-corrected chi connectivity index (χ3v) is 2.91. The van der Waals surface area contributed by atoms with Crippen LogP contribution in [-0.4, -0.2) is 28.0 Å². The molecule has 1 aromatic rings. The Hall–Kier alpha value is -0.870. The smallest absolute Gasteiger partial charge is 0.0635 e. The summed E-state index contributed by atoms with van der Waals surface area (Å²) in [6.45, 7) is 6.39. The Labute approximate surface area is 84.7 Å². The summed E-state index contributed by atoms with van der Waals surface area (Å²) in [6, 6.07) is 0. The van der Waals surface area contributed by atoms with Gasteiger partial charge in [-0.1, -0.05) is 6.92 Å². The van der Waals surface area contributed by atoms with Crippen LogP contribution in [0.1, 0.15) is 23.9 Å². The highest BCUT2D eigenvalue weighted by Crippen LogP contribution is 2.27. The molecule has 0 aromatic carbocycles. The van der Waals surface area contributed by atoms with Crippen LogP contribution >= 0.6 is 0 Å². The Kier molecular flexibility index (Phi) is 2.97. The lowest BCUT2D eigenvalue weighted by Gasteiger charge is -2.26. The monoisotopic (exact) mass is 197 g/mol. The number of aliphatic hydroxyl groups excluding tert-OH is 1. The largest absolute Gasteiger partial charge is 0.395 e. The van der Waals surface area contributed by atoms with Gasteiger partial charge >= 0.3 is 0 Å². The molecule has 1 heterocycles. The van der Waals surface area contributed by atoms with Gasteiger partial charge in [-0.3, -0.25) is 4.68 Å². The van der Waals surface area contributed by atoms with Crippen molar-refractivity contribution < 1.29 is 5.11 Å². The molecule has 0 bridgehead atoms. The fraction of sp³-hybridized carbons (Fsp3) is 0.700. The van der Waals surface area contributed by atoms with E-state index in [1.54, 1.807) is 0 Å². The van der Waals surface area contributed by atoms with Gasteiger partial charge in [0, 0.05) is 30.3 Å². The molecule has 4 nitrogen and oxygen atoms in total. The Morgan fingerprint density at radius 3 is 2.36 bits per heavy atom.